The second-order valence-corrected chi connectivity index (χ2v) is 4.77. The van der Waals surface area contributed by atoms with Crippen LogP contribution in [-0.2, 0) is 4.79 Å². The first-order chi connectivity index (χ1) is 9.74. The first-order valence-electron chi connectivity index (χ1n) is 6.19. The number of guanidine groups is 1. The zero-order chi connectivity index (χ0) is 13.9. The molecule has 0 aliphatic carbocycles. The Labute approximate surface area is 133 Å². The summed E-state index contributed by atoms with van der Waals surface area (Å²) >= 11 is 5.85. The van der Waals surface area contributed by atoms with E-state index < -0.39 is 0 Å². The van der Waals surface area contributed by atoms with Gasteiger partial charge in [0.2, 0.25) is 5.96 Å². The molecule has 0 spiro atoms. The van der Waals surface area contributed by atoms with Gasteiger partial charge in [-0.15, -0.1) is 0 Å². The second-order valence-electron chi connectivity index (χ2n) is 4.34. The normalized spacial score (nSPS) is 13.7. The van der Waals surface area contributed by atoms with Crippen molar-refractivity contribution in [3.63, 3.8) is 0 Å². The van der Waals surface area contributed by atoms with E-state index in [4.69, 9.17) is 11.6 Å². The van der Waals surface area contributed by atoms with Crippen LogP contribution in [0.5, 0.6) is 0 Å². The molecule has 0 saturated heterocycles. The quantitative estimate of drug-likeness (QED) is 0.856. The van der Waals surface area contributed by atoms with Gasteiger partial charge in [-0.25, -0.2) is 9.89 Å². The molecule has 0 bridgehead atoms. The molecule has 1 aliphatic heterocycles. The largest absolute Gasteiger partial charge is 1.00 e. The Bertz CT molecular complexity index is 656. The summed E-state index contributed by atoms with van der Waals surface area (Å²) in [7, 11) is 0. The number of amides is 1. The highest BCUT2D eigenvalue weighted by atomic mass is 35.5. The van der Waals surface area contributed by atoms with E-state index in [1.807, 2.05) is 42.5 Å². The van der Waals surface area contributed by atoms with Crippen molar-refractivity contribution in [2.24, 2.45) is 4.99 Å². The molecule has 4 nitrogen and oxygen atoms in total. The van der Waals surface area contributed by atoms with Gasteiger partial charge in [-0.3, -0.25) is 4.79 Å². The first-order valence-corrected chi connectivity index (χ1v) is 6.57. The number of hydrogen-bond donors (Lipinski definition) is 1. The summed E-state index contributed by atoms with van der Waals surface area (Å²) in [6, 6.07) is 16.7. The predicted molar refractivity (Wildman–Crippen MR) is 81.3 cm³/mol. The molecule has 0 fully saturated rings. The van der Waals surface area contributed by atoms with Gasteiger partial charge in [0.05, 0.1) is 5.69 Å². The van der Waals surface area contributed by atoms with Gasteiger partial charge in [-0.1, -0.05) is 29.8 Å². The minimum absolute atomic E-state index is 0. The van der Waals surface area contributed by atoms with Crippen LogP contribution in [0.25, 0.3) is 0 Å². The van der Waals surface area contributed by atoms with Crippen LogP contribution in [0.3, 0.4) is 0 Å². The summed E-state index contributed by atoms with van der Waals surface area (Å²) in [5, 5.41) is 3.81. The molecule has 0 unspecified atom stereocenters. The number of carbonyl (C=O) groups excluding carboxylic acids is 1. The molecular weight excluding hydrogens is 309 g/mol. The Morgan fingerprint density at radius 2 is 1.71 bits per heavy atom. The van der Waals surface area contributed by atoms with E-state index in [-0.39, 0.29) is 24.9 Å². The number of halogens is 2. The van der Waals surface area contributed by atoms with Crippen molar-refractivity contribution in [2.75, 3.05) is 16.8 Å². The minimum Gasteiger partial charge on any atom is -1.00 e. The van der Waals surface area contributed by atoms with Crippen molar-refractivity contribution < 1.29 is 17.2 Å². The molecule has 6 heteroatoms. The van der Waals surface area contributed by atoms with Crippen LogP contribution in [0.2, 0.25) is 5.02 Å². The van der Waals surface area contributed by atoms with Crippen molar-refractivity contribution >= 4 is 34.8 Å². The number of carbonyl (C=O) groups is 1. The first kappa shape index (κ1) is 15.4. The monoisotopic (exact) mass is 320 g/mol. The molecule has 1 aliphatic rings. The summed E-state index contributed by atoms with van der Waals surface area (Å²) in [5.41, 5.74) is 1.64. The van der Waals surface area contributed by atoms with E-state index >= 15 is 0 Å². The summed E-state index contributed by atoms with van der Waals surface area (Å²) in [5.74, 6) is 0.483. The molecular formula is C15H12Cl2N3O-. The fraction of sp³-hybridized carbons (Fsp3) is 0.0667. The molecule has 1 amide bonds. The molecule has 2 aromatic carbocycles. The average Bonchev–Trinajstić information content (AvgIpc) is 2.83. The number of aliphatic imine (C=N–C) groups is 1. The number of anilines is 2. The molecule has 0 aromatic heterocycles. The van der Waals surface area contributed by atoms with Crippen LogP contribution >= 0.6 is 11.6 Å². The Kier molecular flexibility index (Phi) is 4.83. The lowest BCUT2D eigenvalue weighted by molar-refractivity contribution is -0.115. The van der Waals surface area contributed by atoms with E-state index in [2.05, 4.69) is 10.3 Å². The van der Waals surface area contributed by atoms with Gasteiger partial charge < -0.3 is 17.7 Å². The smallest absolute Gasteiger partial charge is 0.255 e. The summed E-state index contributed by atoms with van der Waals surface area (Å²) in [4.78, 5) is 17.8. The lowest BCUT2D eigenvalue weighted by Gasteiger charge is -2.19. The summed E-state index contributed by atoms with van der Waals surface area (Å²) in [6.07, 6.45) is 0. The number of para-hydroxylation sites is 1. The lowest BCUT2D eigenvalue weighted by atomic mass is 10.3. The zero-order valence-corrected chi connectivity index (χ0v) is 12.5. The van der Waals surface area contributed by atoms with Gasteiger partial charge in [0.25, 0.3) is 5.91 Å². The van der Waals surface area contributed by atoms with E-state index in [0.717, 1.165) is 11.4 Å². The van der Waals surface area contributed by atoms with E-state index in [1.54, 1.807) is 17.0 Å². The SMILES string of the molecule is O=C1CN=C(Nc2ccc(Cl)cc2)N1c1ccccc1.[Cl-]. The molecule has 3 rings (SSSR count). The van der Waals surface area contributed by atoms with E-state index in [1.165, 1.54) is 0 Å². The standard InChI is InChI=1S/C15H12ClN3O.ClH/c16-11-6-8-12(9-7-11)18-15-17-10-14(20)19(15)13-4-2-1-3-5-13;/h1-9H,10H2,(H,17,18);1H/p-1. The van der Waals surface area contributed by atoms with E-state index in [9.17, 15) is 4.79 Å². The van der Waals surface area contributed by atoms with Gasteiger partial charge in [0, 0.05) is 10.7 Å². The summed E-state index contributed by atoms with van der Waals surface area (Å²) < 4.78 is 0. The maximum atomic E-state index is 12.0. The summed E-state index contributed by atoms with van der Waals surface area (Å²) in [6.45, 7) is 0.158. The molecule has 21 heavy (non-hydrogen) atoms. The highest BCUT2D eigenvalue weighted by Gasteiger charge is 2.26. The van der Waals surface area contributed by atoms with Gasteiger partial charge in [-0.05, 0) is 36.4 Å². The van der Waals surface area contributed by atoms with Crippen molar-refractivity contribution in [2.45, 2.75) is 0 Å². The van der Waals surface area contributed by atoms with Crippen LogP contribution in [0, 0.1) is 0 Å². The van der Waals surface area contributed by atoms with Gasteiger partial charge in [0.1, 0.15) is 6.54 Å². The number of benzene rings is 2. The van der Waals surface area contributed by atoms with Gasteiger partial charge in [-0.2, -0.15) is 0 Å². The van der Waals surface area contributed by atoms with Crippen LogP contribution in [0.4, 0.5) is 11.4 Å². The molecule has 2 aromatic rings. The van der Waals surface area contributed by atoms with Gasteiger partial charge >= 0.3 is 0 Å². The maximum absolute atomic E-state index is 12.0. The van der Waals surface area contributed by atoms with Crippen LogP contribution < -0.4 is 22.6 Å². The number of rotatable bonds is 2. The Balaban J connectivity index is 0.00000161. The number of hydrogen-bond acceptors (Lipinski definition) is 3. The number of nitrogens with one attached hydrogen (secondary N) is 1. The van der Waals surface area contributed by atoms with Crippen molar-refractivity contribution in [1.29, 1.82) is 0 Å². The Hall–Kier alpha value is -2.04. The fourth-order valence-corrected chi connectivity index (χ4v) is 2.13. The predicted octanol–water partition coefficient (Wildman–Crippen LogP) is 0.159. The van der Waals surface area contributed by atoms with Crippen molar-refractivity contribution in [1.82, 2.24) is 0 Å². The van der Waals surface area contributed by atoms with E-state index in [0.29, 0.717) is 11.0 Å². The fourth-order valence-electron chi connectivity index (χ4n) is 2.00. The van der Waals surface area contributed by atoms with Gasteiger partial charge in [0.15, 0.2) is 0 Å². The van der Waals surface area contributed by atoms with Crippen LogP contribution in [0.15, 0.2) is 59.6 Å². The minimum atomic E-state index is -0.0485. The molecule has 0 radical (unpaired) electrons. The van der Waals surface area contributed by atoms with Crippen molar-refractivity contribution in [3.8, 4) is 0 Å². The molecule has 0 atom stereocenters. The Morgan fingerprint density at radius 1 is 1.05 bits per heavy atom. The second kappa shape index (κ2) is 6.61. The topological polar surface area (TPSA) is 44.7 Å². The van der Waals surface area contributed by atoms with Crippen LogP contribution in [-0.4, -0.2) is 18.4 Å². The average molecular weight is 321 g/mol. The third-order valence-corrected chi connectivity index (χ3v) is 3.19. The molecule has 1 N–H and O–H groups in total. The molecule has 1 heterocycles. The molecule has 108 valence electrons. The van der Waals surface area contributed by atoms with Crippen LogP contribution in [0.1, 0.15) is 0 Å². The highest BCUT2D eigenvalue weighted by Crippen LogP contribution is 2.20. The maximum Gasteiger partial charge on any atom is 0.255 e. The Morgan fingerprint density at radius 3 is 2.38 bits per heavy atom. The number of nitrogens with zero attached hydrogens (tertiary/aromatic N) is 2. The third-order valence-electron chi connectivity index (χ3n) is 2.94. The highest BCUT2D eigenvalue weighted by molar-refractivity contribution is 6.30. The third kappa shape index (κ3) is 3.35. The zero-order valence-electron chi connectivity index (χ0n) is 11.0. The molecule has 0 saturated carbocycles. The van der Waals surface area contributed by atoms with Crippen molar-refractivity contribution in [3.05, 3.63) is 59.6 Å². The lowest BCUT2D eigenvalue weighted by Crippen LogP contribution is -3.00.